The number of aromatic nitrogens is 2. The number of alkyl carbamates (subject to hydrolysis) is 1. The molecule has 1 aliphatic carbocycles. The summed E-state index contributed by atoms with van der Waals surface area (Å²) in [6.07, 6.45) is 4.14. The second-order valence-corrected chi connectivity index (χ2v) is 8.14. The van der Waals surface area contributed by atoms with Crippen molar-refractivity contribution in [1.29, 1.82) is 0 Å². The number of allylic oxidation sites excluding steroid dienone is 1. The third-order valence-electron chi connectivity index (χ3n) is 5.97. The minimum atomic E-state index is -0.404. The van der Waals surface area contributed by atoms with Crippen molar-refractivity contribution >= 4 is 6.09 Å². The van der Waals surface area contributed by atoms with Crippen LogP contribution in [0.1, 0.15) is 47.8 Å². The number of amides is 1. The Hall–Kier alpha value is -3.54. The number of nitrogens with one attached hydrogen (secondary N) is 1. The molecule has 0 spiro atoms. The zero-order valence-corrected chi connectivity index (χ0v) is 18.9. The Kier molecular flexibility index (Phi) is 6.30. The van der Waals surface area contributed by atoms with E-state index in [1.165, 1.54) is 5.56 Å². The average Bonchev–Trinajstić information content (AvgIpc) is 3.37. The Labute approximate surface area is 188 Å². The lowest BCUT2D eigenvalue weighted by molar-refractivity contribution is 0.115. The third kappa shape index (κ3) is 4.54. The van der Waals surface area contributed by atoms with E-state index < -0.39 is 6.09 Å². The van der Waals surface area contributed by atoms with Gasteiger partial charge in [-0.25, -0.2) is 9.48 Å². The molecule has 0 saturated carbocycles. The summed E-state index contributed by atoms with van der Waals surface area (Å²) in [4.78, 5) is 12.4. The first-order valence-corrected chi connectivity index (χ1v) is 10.9. The molecule has 0 unspecified atom stereocenters. The predicted octanol–water partition coefficient (Wildman–Crippen LogP) is 5.40. The van der Waals surface area contributed by atoms with Gasteiger partial charge in [0, 0.05) is 17.2 Å². The molecule has 0 fully saturated rings. The summed E-state index contributed by atoms with van der Waals surface area (Å²) in [6.45, 7) is 6.05. The van der Waals surface area contributed by atoms with Gasteiger partial charge in [-0.1, -0.05) is 36.4 Å². The molecule has 0 saturated heterocycles. The molecule has 1 aromatic heterocycles. The maximum Gasteiger partial charge on any atom is 0.408 e. The van der Waals surface area contributed by atoms with Crippen LogP contribution in [0.5, 0.6) is 5.75 Å². The molecule has 166 valence electrons. The molecular formula is C26H29N3O3. The fourth-order valence-corrected chi connectivity index (χ4v) is 4.31. The number of ether oxygens (including phenoxy) is 2. The summed E-state index contributed by atoms with van der Waals surface area (Å²) in [6, 6.07) is 17.6. The first-order chi connectivity index (χ1) is 15.5. The molecule has 1 heterocycles. The van der Waals surface area contributed by atoms with Gasteiger partial charge in [0.05, 0.1) is 24.5 Å². The highest BCUT2D eigenvalue weighted by Gasteiger charge is 2.28. The van der Waals surface area contributed by atoms with Gasteiger partial charge in [0.2, 0.25) is 0 Å². The fraction of sp³-hybridized carbons (Fsp3) is 0.308. The van der Waals surface area contributed by atoms with Gasteiger partial charge in [0.1, 0.15) is 11.9 Å². The van der Waals surface area contributed by atoms with E-state index in [9.17, 15) is 4.79 Å². The van der Waals surface area contributed by atoms with Crippen molar-refractivity contribution in [2.75, 3.05) is 7.11 Å². The zero-order chi connectivity index (χ0) is 22.7. The van der Waals surface area contributed by atoms with Gasteiger partial charge >= 0.3 is 6.09 Å². The van der Waals surface area contributed by atoms with E-state index in [-0.39, 0.29) is 18.1 Å². The lowest BCUT2D eigenvalue weighted by Gasteiger charge is -2.18. The van der Waals surface area contributed by atoms with Crippen LogP contribution in [0.4, 0.5) is 4.79 Å². The molecule has 6 heteroatoms. The van der Waals surface area contributed by atoms with Gasteiger partial charge in [-0.05, 0) is 63.1 Å². The van der Waals surface area contributed by atoms with Crippen molar-refractivity contribution < 1.29 is 14.3 Å². The maximum absolute atomic E-state index is 12.4. The smallest absolute Gasteiger partial charge is 0.408 e. The van der Waals surface area contributed by atoms with Crippen LogP contribution in [-0.4, -0.2) is 29.1 Å². The van der Waals surface area contributed by atoms with Crippen LogP contribution in [0, 0.1) is 13.8 Å². The normalized spacial score (nSPS) is 18.4. The van der Waals surface area contributed by atoms with Crippen molar-refractivity contribution in [3.63, 3.8) is 0 Å². The Balaban J connectivity index is 1.40. The summed E-state index contributed by atoms with van der Waals surface area (Å²) in [5.41, 5.74) is 5.28. The topological polar surface area (TPSA) is 65.4 Å². The van der Waals surface area contributed by atoms with Crippen LogP contribution in [0.25, 0.3) is 5.69 Å². The highest BCUT2D eigenvalue weighted by molar-refractivity contribution is 5.68. The van der Waals surface area contributed by atoms with E-state index >= 15 is 0 Å². The van der Waals surface area contributed by atoms with Crippen LogP contribution >= 0.6 is 0 Å². The van der Waals surface area contributed by atoms with E-state index in [0.29, 0.717) is 6.42 Å². The van der Waals surface area contributed by atoms with Gasteiger partial charge < -0.3 is 14.8 Å². The Bertz CT molecular complexity index is 1100. The summed E-state index contributed by atoms with van der Waals surface area (Å²) in [5, 5.41) is 7.67. The van der Waals surface area contributed by atoms with Crippen molar-refractivity contribution in [3.8, 4) is 11.4 Å². The highest BCUT2D eigenvalue weighted by atomic mass is 16.6. The van der Waals surface area contributed by atoms with Gasteiger partial charge in [0.25, 0.3) is 0 Å². The molecule has 4 rings (SSSR count). The fourth-order valence-electron chi connectivity index (χ4n) is 4.31. The number of carbonyl (C=O) groups is 1. The maximum atomic E-state index is 12.4. The van der Waals surface area contributed by atoms with E-state index in [1.54, 1.807) is 7.11 Å². The van der Waals surface area contributed by atoms with Crippen LogP contribution in [0.3, 0.4) is 0 Å². The molecule has 2 aromatic carbocycles. The number of hydrogen-bond donors (Lipinski definition) is 1. The molecule has 3 aromatic rings. The molecule has 0 bridgehead atoms. The molecule has 32 heavy (non-hydrogen) atoms. The van der Waals surface area contributed by atoms with Gasteiger partial charge in [-0.15, -0.1) is 0 Å². The summed E-state index contributed by atoms with van der Waals surface area (Å²) >= 11 is 0. The quantitative estimate of drug-likeness (QED) is 0.531. The predicted molar refractivity (Wildman–Crippen MR) is 124 cm³/mol. The number of methoxy groups -OCH3 is 1. The second kappa shape index (κ2) is 9.30. The van der Waals surface area contributed by atoms with E-state index in [2.05, 4.69) is 18.3 Å². The number of benzene rings is 2. The van der Waals surface area contributed by atoms with Crippen molar-refractivity contribution in [2.45, 2.75) is 45.3 Å². The molecule has 3 atom stereocenters. The number of hydrogen-bond acceptors (Lipinski definition) is 4. The number of nitrogens with zero attached hydrogens (tertiary/aromatic N) is 2. The van der Waals surface area contributed by atoms with Gasteiger partial charge in [-0.3, -0.25) is 0 Å². The van der Waals surface area contributed by atoms with Crippen LogP contribution in [0.15, 0.2) is 66.7 Å². The second-order valence-electron chi connectivity index (χ2n) is 8.14. The Morgan fingerprint density at radius 1 is 1.09 bits per heavy atom. The van der Waals surface area contributed by atoms with Gasteiger partial charge in [-0.2, -0.15) is 5.10 Å². The van der Waals surface area contributed by atoms with Crippen molar-refractivity contribution in [2.24, 2.45) is 0 Å². The minimum Gasteiger partial charge on any atom is -0.497 e. The van der Waals surface area contributed by atoms with Crippen LogP contribution < -0.4 is 10.1 Å². The van der Waals surface area contributed by atoms with Crippen molar-refractivity contribution in [1.82, 2.24) is 15.1 Å². The van der Waals surface area contributed by atoms with Crippen LogP contribution in [0.2, 0.25) is 0 Å². The highest BCUT2D eigenvalue weighted by Crippen LogP contribution is 2.35. The van der Waals surface area contributed by atoms with Gasteiger partial charge in [0.15, 0.2) is 0 Å². The monoisotopic (exact) mass is 431 g/mol. The molecule has 1 aliphatic rings. The lowest BCUT2D eigenvalue weighted by atomic mass is 9.96. The third-order valence-corrected chi connectivity index (χ3v) is 5.97. The molecule has 0 aliphatic heterocycles. The zero-order valence-electron chi connectivity index (χ0n) is 18.9. The number of aryl methyl sites for hydroxylation is 1. The van der Waals surface area contributed by atoms with E-state index in [1.807, 2.05) is 79.2 Å². The van der Waals surface area contributed by atoms with Crippen LogP contribution in [-0.2, 0) is 4.74 Å². The van der Waals surface area contributed by atoms with E-state index in [4.69, 9.17) is 14.6 Å². The number of rotatable bonds is 6. The van der Waals surface area contributed by atoms with Crippen molar-refractivity contribution in [3.05, 3.63) is 89.3 Å². The SMILES string of the molecule is COc1ccc(-n2nc(C)c([C@@H]3C=C[C@@H](OC(=O)N[C@H](C)c4ccccc4)C3)c2C)cc1. The van der Waals surface area contributed by atoms with E-state index in [0.717, 1.165) is 28.4 Å². The standard InChI is InChI=1S/C26H29N3O3/c1-17(20-8-6-5-7-9-20)27-26(30)32-24-13-10-21(16-24)25-18(2)28-29(19(25)3)22-11-14-23(31-4)15-12-22/h5-15,17,21,24H,16H2,1-4H3,(H,27,30)/t17-,21-,24-/m1/s1. The molecule has 6 nitrogen and oxygen atoms in total. The lowest BCUT2D eigenvalue weighted by Crippen LogP contribution is -2.30. The summed E-state index contributed by atoms with van der Waals surface area (Å²) in [5.74, 6) is 0.973. The molecule has 0 radical (unpaired) electrons. The molecule has 1 N–H and O–H groups in total. The Morgan fingerprint density at radius 3 is 2.50 bits per heavy atom. The summed E-state index contributed by atoms with van der Waals surface area (Å²) < 4.78 is 12.9. The number of carbonyl (C=O) groups excluding carboxylic acids is 1. The Morgan fingerprint density at radius 2 is 1.81 bits per heavy atom. The minimum absolute atomic E-state index is 0.114. The summed E-state index contributed by atoms with van der Waals surface area (Å²) in [7, 11) is 1.66. The first-order valence-electron chi connectivity index (χ1n) is 10.9. The average molecular weight is 432 g/mol. The molecular weight excluding hydrogens is 402 g/mol. The molecule has 1 amide bonds. The largest absolute Gasteiger partial charge is 0.497 e. The first kappa shape index (κ1) is 21.7.